The van der Waals surface area contributed by atoms with E-state index in [0.717, 1.165) is 17.7 Å². The molecule has 5 nitrogen and oxygen atoms in total. The zero-order valence-corrected chi connectivity index (χ0v) is 13.3. The van der Waals surface area contributed by atoms with Gasteiger partial charge in [-0.05, 0) is 45.7 Å². The van der Waals surface area contributed by atoms with Crippen LogP contribution in [0.15, 0.2) is 18.2 Å². The number of hydrogen-bond donors (Lipinski definition) is 1. The Kier molecular flexibility index (Phi) is 4.40. The summed E-state index contributed by atoms with van der Waals surface area (Å²) >= 11 is 0. The van der Waals surface area contributed by atoms with Crippen molar-refractivity contribution in [3.8, 4) is 5.69 Å². The zero-order chi connectivity index (χ0) is 15.6. The second kappa shape index (κ2) is 6.08. The Balaban J connectivity index is 2.32. The molecule has 21 heavy (non-hydrogen) atoms. The summed E-state index contributed by atoms with van der Waals surface area (Å²) in [5.74, 6) is -0.169. The summed E-state index contributed by atoms with van der Waals surface area (Å²) in [6, 6.07) is 6.19. The normalized spacial score (nSPS) is 12.2. The number of benzene rings is 1. The summed E-state index contributed by atoms with van der Waals surface area (Å²) in [6.07, 6.45) is 0.885. The van der Waals surface area contributed by atoms with Crippen molar-refractivity contribution in [1.29, 1.82) is 0 Å². The highest BCUT2D eigenvalue weighted by Gasteiger charge is 2.18. The lowest BCUT2D eigenvalue weighted by atomic mass is 10.1. The zero-order valence-electron chi connectivity index (χ0n) is 13.3. The van der Waals surface area contributed by atoms with Gasteiger partial charge in [0.15, 0.2) is 5.69 Å². The number of nitrogens with zero attached hydrogens (tertiary/aromatic N) is 3. The summed E-state index contributed by atoms with van der Waals surface area (Å²) < 4.78 is 0. The fraction of sp³-hybridized carbons (Fsp3) is 0.438. The van der Waals surface area contributed by atoms with Crippen LogP contribution in [0.3, 0.4) is 0 Å². The van der Waals surface area contributed by atoms with Crippen molar-refractivity contribution in [2.45, 2.75) is 47.1 Å². The van der Waals surface area contributed by atoms with E-state index >= 15 is 0 Å². The maximum atomic E-state index is 12.2. The highest BCUT2D eigenvalue weighted by molar-refractivity contribution is 5.93. The number of hydrogen-bond acceptors (Lipinski definition) is 3. The van der Waals surface area contributed by atoms with Crippen LogP contribution in [0.1, 0.15) is 47.6 Å². The number of amides is 1. The molecule has 0 radical (unpaired) electrons. The van der Waals surface area contributed by atoms with Crippen LogP contribution in [0.2, 0.25) is 0 Å². The van der Waals surface area contributed by atoms with Crippen molar-refractivity contribution in [3.05, 3.63) is 40.7 Å². The van der Waals surface area contributed by atoms with E-state index in [0.29, 0.717) is 11.4 Å². The minimum absolute atomic E-state index is 0.128. The standard InChI is InChI=1S/C16H22N4O/c1-6-12(4)17-16(21)15-13(5)18-20(19-15)14-8-7-10(2)9-11(14)3/h7-9,12H,6H2,1-5H3,(H,17,21). The van der Waals surface area contributed by atoms with E-state index < -0.39 is 0 Å². The number of rotatable bonds is 4. The maximum Gasteiger partial charge on any atom is 0.273 e. The molecule has 0 saturated carbocycles. The van der Waals surface area contributed by atoms with E-state index in [2.05, 4.69) is 21.6 Å². The third-order valence-electron chi connectivity index (χ3n) is 3.55. The van der Waals surface area contributed by atoms with Crippen molar-refractivity contribution in [2.75, 3.05) is 0 Å². The Labute approximate surface area is 125 Å². The van der Waals surface area contributed by atoms with Crippen molar-refractivity contribution in [3.63, 3.8) is 0 Å². The molecule has 1 aromatic carbocycles. The first kappa shape index (κ1) is 15.2. The second-order valence-corrected chi connectivity index (χ2v) is 5.50. The van der Waals surface area contributed by atoms with Gasteiger partial charge in [0.2, 0.25) is 0 Å². The van der Waals surface area contributed by atoms with Gasteiger partial charge in [0.1, 0.15) is 0 Å². The van der Waals surface area contributed by atoms with E-state index in [4.69, 9.17) is 0 Å². The predicted octanol–water partition coefficient (Wildman–Crippen LogP) is 2.72. The molecule has 112 valence electrons. The van der Waals surface area contributed by atoms with Gasteiger partial charge in [-0.2, -0.15) is 9.90 Å². The third kappa shape index (κ3) is 3.29. The minimum Gasteiger partial charge on any atom is -0.348 e. The first-order valence-corrected chi connectivity index (χ1v) is 7.24. The molecular formula is C16H22N4O. The van der Waals surface area contributed by atoms with E-state index in [1.807, 2.05) is 39.8 Å². The first-order valence-electron chi connectivity index (χ1n) is 7.24. The van der Waals surface area contributed by atoms with Crippen molar-refractivity contribution >= 4 is 5.91 Å². The number of carbonyl (C=O) groups excluding carboxylic acids is 1. The summed E-state index contributed by atoms with van der Waals surface area (Å²) in [5.41, 5.74) is 4.19. The van der Waals surface area contributed by atoms with Crippen LogP contribution >= 0.6 is 0 Å². The topological polar surface area (TPSA) is 59.8 Å². The molecule has 0 fully saturated rings. The van der Waals surface area contributed by atoms with Gasteiger partial charge in [-0.1, -0.05) is 24.6 Å². The van der Waals surface area contributed by atoms with Crippen LogP contribution in [0.4, 0.5) is 0 Å². The van der Waals surface area contributed by atoms with Crippen LogP contribution < -0.4 is 5.32 Å². The summed E-state index contributed by atoms with van der Waals surface area (Å²) in [6.45, 7) is 9.87. The smallest absolute Gasteiger partial charge is 0.273 e. The molecule has 1 unspecified atom stereocenters. The lowest BCUT2D eigenvalue weighted by Crippen LogP contribution is -2.32. The number of aromatic nitrogens is 3. The number of aryl methyl sites for hydroxylation is 3. The van der Waals surface area contributed by atoms with Crippen LogP contribution in [0, 0.1) is 20.8 Å². The molecule has 1 N–H and O–H groups in total. The molecule has 0 bridgehead atoms. The molecule has 0 aliphatic rings. The van der Waals surface area contributed by atoms with Gasteiger partial charge in [-0.15, -0.1) is 5.10 Å². The van der Waals surface area contributed by atoms with Crippen molar-refractivity contribution < 1.29 is 4.79 Å². The molecule has 2 aromatic rings. The Morgan fingerprint density at radius 2 is 2.00 bits per heavy atom. The van der Waals surface area contributed by atoms with Crippen LogP contribution in [-0.2, 0) is 0 Å². The monoisotopic (exact) mass is 286 g/mol. The largest absolute Gasteiger partial charge is 0.348 e. The van der Waals surface area contributed by atoms with E-state index in [1.165, 1.54) is 10.4 Å². The fourth-order valence-corrected chi connectivity index (χ4v) is 2.12. The molecule has 1 heterocycles. The Bertz CT molecular complexity index is 660. The number of carbonyl (C=O) groups is 1. The summed E-state index contributed by atoms with van der Waals surface area (Å²) in [4.78, 5) is 13.7. The first-order chi connectivity index (χ1) is 9.92. The van der Waals surface area contributed by atoms with Gasteiger partial charge >= 0.3 is 0 Å². The van der Waals surface area contributed by atoms with Gasteiger partial charge in [0, 0.05) is 6.04 Å². The highest BCUT2D eigenvalue weighted by atomic mass is 16.2. The summed E-state index contributed by atoms with van der Waals surface area (Å²) in [5, 5.41) is 11.6. The summed E-state index contributed by atoms with van der Waals surface area (Å²) in [7, 11) is 0. The minimum atomic E-state index is -0.169. The Hall–Kier alpha value is -2.17. The average molecular weight is 286 g/mol. The van der Waals surface area contributed by atoms with Gasteiger partial charge in [-0.3, -0.25) is 4.79 Å². The third-order valence-corrected chi connectivity index (χ3v) is 3.55. The molecule has 0 aliphatic heterocycles. The SMILES string of the molecule is CCC(C)NC(=O)c1nn(-c2ccc(C)cc2C)nc1C. The van der Waals surface area contributed by atoms with Crippen LogP contribution in [-0.4, -0.2) is 26.9 Å². The lowest BCUT2D eigenvalue weighted by molar-refractivity contribution is 0.0933. The molecule has 5 heteroatoms. The molecule has 0 aliphatic carbocycles. The van der Waals surface area contributed by atoms with Gasteiger partial charge < -0.3 is 5.32 Å². The lowest BCUT2D eigenvalue weighted by Gasteiger charge is -2.09. The molecule has 0 saturated heterocycles. The van der Waals surface area contributed by atoms with Gasteiger partial charge in [0.25, 0.3) is 5.91 Å². The van der Waals surface area contributed by atoms with E-state index in [1.54, 1.807) is 6.92 Å². The highest BCUT2D eigenvalue weighted by Crippen LogP contribution is 2.15. The predicted molar refractivity (Wildman–Crippen MR) is 82.8 cm³/mol. The van der Waals surface area contributed by atoms with Crippen LogP contribution in [0.5, 0.6) is 0 Å². The quantitative estimate of drug-likeness (QED) is 0.940. The molecular weight excluding hydrogens is 264 g/mol. The fourth-order valence-electron chi connectivity index (χ4n) is 2.12. The second-order valence-electron chi connectivity index (χ2n) is 5.50. The van der Waals surface area contributed by atoms with Crippen molar-refractivity contribution in [1.82, 2.24) is 20.3 Å². The van der Waals surface area contributed by atoms with E-state index in [9.17, 15) is 4.79 Å². The Morgan fingerprint density at radius 3 is 2.62 bits per heavy atom. The number of nitrogens with one attached hydrogen (secondary N) is 1. The molecule has 0 spiro atoms. The molecule has 2 rings (SSSR count). The molecule has 1 atom stereocenters. The van der Waals surface area contributed by atoms with Gasteiger partial charge in [-0.25, -0.2) is 0 Å². The molecule has 1 amide bonds. The Morgan fingerprint density at radius 1 is 1.29 bits per heavy atom. The van der Waals surface area contributed by atoms with Crippen LogP contribution in [0.25, 0.3) is 5.69 Å². The molecule has 1 aromatic heterocycles. The van der Waals surface area contributed by atoms with Gasteiger partial charge in [0.05, 0.1) is 11.4 Å². The average Bonchev–Trinajstić information content (AvgIpc) is 2.80. The van der Waals surface area contributed by atoms with Crippen molar-refractivity contribution in [2.24, 2.45) is 0 Å². The maximum absolute atomic E-state index is 12.2. The van der Waals surface area contributed by atoms with E-state index in [-0.39, 0.29) is 11.9 Å².